The summed E-state index contributed by atoms with van der Waals surface area (Å²) in [4.78, 5) is 11.9. The van der Waals surface area contributed by atoms with Gasteiger partial charge in [-0.1, -0.05) is 5.16 Å². The first-order valence-corrected chi connectivity index (χ1v) is 7.20. The Kier molecular flexibility index (Phi) is 4.52. The monoisotopic (exact) mass is 314 g/mol. The van der Waals surface area contributed by atoms with E-state index in [1.807, 2.05) is 0 Å². The van der Waals surface area contributed by atoms with Gasteiger partial charge in [-0.05, 0) is 42.8 Å². The summed E-state index contributed by atoms with van der Waals surface area (Å²) >= 11 is 0. The third kappa shape index (κ3) is 3.85. The molecule has 1 aromatic carbocycles. The molecule has 6 heteroatoms. The molecule has 1 N–H and O–H groups in total. The standard InChI is InChI=1S/C17H15FN2O3/c18-14-6-3-12(4-7-14)17-13(11-23-20-17)5-8-16(21)19-10-15-2-1-9-22-15/h1-4,6-7,9,11H,5,8,10H2,(H,19,21). The molecule has 0 saturated carbocycles. The molecular formula is C17H15FN2O3. The molecule has 3 rings (SSSR count). The highest BCUT2D eigenvalue weighted by Crippen LogP contribution is 2.23. The number of hydrogen-bond donors (Lipinski definition) is 1. The molecule has 118 valence electrons. The molecule has 2 heterocycles. The molecule has 0 bridgehead atoms. The third-order valence-corrected chi connectivity index (χ3v) is 3.42. The third-order valence-electron chi connectivity index (χ3n) is 3.42. The second-order valence-corrected chi connectivity index (χ2v) is 5.05. The number of benzene rings is 1. The predicted octanol–water partition coefficient (Wildman–Crippen LogP) is 3.32. The van der Waals surface area contributed by atoms with Crippen molar-refractivity contribution in [2.45, 2.75) is 19.4 Å². The molecule has 0 radical (unpaired) electrons. The molecule has 0 fully saturated rings. The first kappa shape index (κ1) is 15.0. The van der Waals surface area contributed by atoms with E-state index < -0.39 is 0 Å². The number of halogens is 1. The topological polar surface area (TPSA) is 68.3 Å². The number of rotatable bonds is 6. The average Bonchev–Trinajstić information content (AvgIpc) is 3.23. The Hall–Kier alpha value is -2.89. The zero-order valence-corrected chi connectivity index (χ0v) is 12.3. The summed E-state index contributed by atoms with van der Waals surface area (Å²) in [7, 11) is 0. The summed E-state index contributed by atoms with van der Waals surface area (Å²) in [6.45, 7) is 0.361. The minimum absolute atomic E-state index is 0.0901. The quantitative estimate of drug-likeness (QED) is 0.758. The minimum atomic E-state index is -0.309. The zero-order chi connectivity index (χ0) is 16.1. The van der Waals surface area contributed by atoms with Gasteiger partial charge in [-0.3, -0.25) is 4.79 Å². The molecule has 0 atom stereocenters. The van der Waals surface area contributed by atoms with Crippen LogP contribution in [0.15, 0.2) is 57.9 Å². The van der Waals surface area contributed by atoms with Gasteiger partial charge >= 0.3 is 0 Å². The smallest absolute Gasteiger partial charge is 0.220 e. The van der Waals surface area contributed by atoms with Gasteiger partial charge in [0, 0.05) is 17.5 Å². The maximum atomic E-state index is 13.0. The Morgan fingerprint density at radius 2 is 2.04 bits per heavy atom. The highest BCUT2D eigenvalue weighted by molar-refractivity contribution is 5.76. The van der Waals surface area contributed by atoms with Gasteiger partial charge in [0.05, 0.1) is 12.8 Å². The van der Waals surface area contributed by atoms with E-state index in [9.17, 15) is 9.18 Å². The Balaban J connectivity index is 1.57. The molecule has 0 aliphatic heterocycles. The van der Waals surface area contributed by atoms with Crippen molar-refractivity contribution in [3.63, 3.8) is 0 Å². The molecule has 0 aliphatic carbocycles. The van der Waals surface area contributed by atoms with Crippen LogP contribution in [0.3, 0.4) is 0 Å². The first-order chi connectivity index (χ1) is 11.2. The van der Waals surface area contributed by atoms with E-state index in [0.717, 1.165) is 11.1 Å². The fraction of sp³-hybridized carbons (Fsp3) is 0.176. The van der Waals surface area contributed by atoms with Crippen LogP contribution >= 0.6 is 0 Å². The summed E-state index contributed by atoms with van der Waals surface area (Å²) in [5.41, 5.74) is 2.19. The van der Waals surface area contributed by atoms with E-state index >= 15 is 0 Å². The molecule has 0 aliphatic rings. The highest BCUT2D eigenvalue weighted by Gasteiger charge is 2.12. The normalized spacial score (nSPS) is 10.7. The molecular weight excluding hydrogens is 299 g/mol. The number of aromatic nitrogens is 1. The maximum Gasteiger partial charge on any atom is 0.220 e. The fourth-order valence-electron chi connectivity index (χ4n) is 2.22. The van der Waals surface area contributed by atoms with Crippen LogP contribution in [0.25, 0.3) is 11.3 Å². The van der Waals surface area contributed by atoms with Gasteiger partial charge < -0.3 is 14.3 Å². The predicted molar refractivity (Wildman–Crippen MR) is 80.8 cm³/mol. The number of nitrogens with zero attached hydrogens (tertiary/aromatic N) is 1. The van der Waals surface area contributed by atoms with Crippen molar-refractivity contribution in [1.82, 2.24) is 10.5 Å². The van der Waals surface area contributed by atoms with Crippen LogP contribution < -0.4 is 5.32 Å². The summed E-state index contributed by atoms with van der Waals surface area (Å²) < 4.78 is 23.1. The van der Waals surface area contributed by atoms with Crippen LogP contribution in [0.2, 0.25) is 0 Å². The van der Waals surface area contributed by atoms with Crippen molar-refractivity contribution in [2.24, 2.45) is 0 Å². The van der Waals surface area contributed by atoms with E-state index in [1.165, 1.54) is 18.4 Å². The van der Waals surface area contributed by atoms with Gasteiger partial charge in [0.25, 0.3) is 0 Å². The van der Waals surface area contributed by atoms with Crippen LogP contribution in [0.1, 0.15) is 17.7 Å². The molecule has 23 heavy (non-hydrogen) atoms. The molecule has 1 amide bonds. The van der Waals surface area contributed by atoms with E-state index in [4.69, 9.17) is 8.94 Å². The number of aryl methyl sites for hydroxylation is 1. The lowest BCUT2D eigenvalue weighted by Gasteiger charge is -2.04. The second-order valence-electron chi connectivity index (χ2n) is 5.05. The molecule has 0 spiro atoms. The zero-order valence-electron chi connectivity index (χ0n) is 12.3. The van der Waals surface area contributed by atoms with Gasteiger partial charge in [-0.25, -0.2) is 4.39 Å². The van der Waals surface area contributed by atoms with Crippen molar-refractivity contribution < 1.29 is 18.1 Å². The Morgan fingerprint density at radius 1 is 1.22 bits per heavy atom. The van der Waals surface area contributed by atoms with Crippen molar-refractivity contribution in [1.29, 1.82) is 0 Å². The van der Waals surface area contributed by atoms with E-state index in [1.54, 1.807) is 30.5 Å². The van der Waals surface area contributed by atoms with Gasteiger partial charge in [-0.15, -0.1) is 0 Å². The van der Waals surface area contributed by atoms with Crippen molar-refractivity contribution >= 4 is 5.91 Å². The molecule has 0 saturated heterocycles. The summed E-state index contributed by atoms with van der Waals surface area (Å²) in [6.07, 6.45) is 3.86. The number of carbonyl (C=O) groups is 1. The first-order valence-electron chi connectivity index (χ1n) is 7.20. The van der Waals surface area contributed by atoms with E-state index in [2.05, 4.69) is 10.5 Å². The van der Waals surface area contributed by atoms with Crippen LogP contribution in [-0.4, -0.2) is 11.1 Å². The number of amides is 1. The minimum Gasteiger partial charge on any atom is -0.467 e. The molecule has 3 aromatic rings. The summed E-state index contributed by atoms with van der Waals surface area (Å²) in [5, 5.41) is 6.72. The Bertz CT molecular complexity index is 764. The average molecular weight is 314 g/mol. The van der Waals surface area contributed by atoms with Gasteiger partial charge in [-0.2, -0.15) is 0 Å². The Labute approximate surface area is 132 Å². The lowest BCUT2D eigenvalue weighted by Crippen LogP contribution is -2.22. The van der Waals surface area contributed by atoms with Crippen LogP contribution in [-0.2, 0) is 17.8 Å². The van der Waals surface area contributed by atoms with Gasteiger partial charge in [0.1, 0.15) is 23.5 Å². The summed E-state index contributed by atoms with van der Waals surface area (Å²) in [6, 6.07) is 9.57. The fourth-order valence-corrected chi connectivity index (χ4v) is 2.22. The van der Waals surface area contributed by atoms with E-state index in [-0.39, 0.29) is 11.7 Å². The number of carbonyl (C=O) groups excluding carboxylic acids is 1. The van der Waals surface area contributed by atoms with Crippen LogP contribution in [0, 0.1) is 5.82 Å². The largest absolute Gasteiger partial charge is 0.467 e. The maximum absolute atomic E-state index is 13.0. The van der Waals surface area contributed by atoms with Crippen molar-refractivity contribution in [3.8, 4) is 11.3 Å². The van der Waals surface area contributed by atoms with Crippen LogP contribution in [0.4, 0.5) is 4.39 Å². The molecule has 2 aromatic heterocycles. The van der Waals surface area contributed by atoms with Gasteiger partial charge in [0.2, 0.25) is 5.91 Å². The SMILES string of the molecule is O=C(CCc1conc1-c1ccc(F)cc1)NCc1ccco1. The number of nitrogens with one attached hydrogen (secondary N) is 1. The van der Waals surface area contributed by atoms with Gasteiger partial charge in [0.15, 0.2) is 0 Å². The number of furan rings is 1. The lowest BCUT2D eigenvalue weighted by molar-refractivity contribution is -0.121. The summed E-state index contributed by atoms with van der Waals surface area (Å²) in [5.74, 6) is 0.305. The second kappa shape index (κ2) is 6.91. The molecule has 0 unspecified atom stereocenters. The van der Waals surface area contributed by atoms with Crippen molar-refractivity contribution in [3.05, 3.63) is 66.1 Å². The van der Waals surface area contributed by atoms with E-state index in [0.29, 0.717) is 30.8 Å². The number of hydrogen-bond acceptors (Lipinski definition) is 4. The Morgan fingerprint density at radius 3 is 2.78 bits per heavy atom. The molecule has 5 nitrogen and oxygen atoms in total. The van der Waals surface area contributed by atoms with Crippen molar-refractivity contribution in [2.75, 3.05) is 0 Å². The van der Waals surface area contributed by atoms with Crippen LogP contribution in [0.5, 0.6) is 0 Å². The highest BCUT2D eigenvalue weighted by atomic mass is 19.1. The lowest BCUT2D eigenvalue weighted by atomic mass is 10.0.